The molecule has 10 heteroatoms. The maximum absolute atomic E-state index is 13.3. The molecule has 0 aliphatic carbocycles. The molecule has 1 N–H and O–H groups in total. The van der Waals surface area contributed by atoms with E-state index in [1.54, 1.807) is 30.0 Å². The molecule has 9 nitrogen and oxygen atoms in total. The lowest BCUT2D eigenvalue weighted by atomic mass is 10.1. The van der Waals surface area contributed by atoms with Gasteiger partial charge in [0.2, 0.25) is 28.6 Å². The highest BCUT2D eigenvalue weighted by atomic mass is 32.2. The Morgan fingerprint density at radius 1 is 1.03 bits per heavy atom. The zero-order chi connectivity index (χ0) is 26.8. The number of nitrogens with one attached hydrogen (secondary N) is 1. The Bertz CT molecular complexity index is 1160. The number of fused-ring (bicyclic) bond motifs is 1. The summed E-state index contributed by atoms with van der Waals surface area (Å²) in [6.45, 7) is 4.96. The molecular weight excluding hydrogens is 494 g/mol. The van der Waals surface area contributed by atoms with Gasteiger partial charge in [-0.3, -0.25) is 13.9 Å². The third-order valence-corrected chi connectivity index (χ3v) is 7.47. The average Bonchev–Trinajstić information content (AvgIpc) is 3.34. The summed E-state index contributed by atoms with van der Waals surface area (Å²) in [6.07, 6.45) is 3.99. The fourth-order valence-corrected chi connectivity index (χ4v) is 5.11. The molecule has 2 aromatic rings. The van der Waals surface area contributed by atoms with E-state index in [1.807, 2.05) is 30.3 Å². The number of rotatable bonds is 14. The normalized spacial score (nSPS) is 13.2. The van der Waals surface area contributed by atoms with Gasteiger partial charge in [0.1, 0.15) is 6.04 Å². The Balaban J connectivity index is 1.66. The number of nitrogens with zero attached hydrogens (tertiary/aromatic N) is 2. The molecule has 0 saturated carbocycles. The number of carbonyl (C=O) groups is 2. The van der Waals surface area contributed by atoms with Gasteiger partial charge in [-0.25, -0.2) is 8.42 Å². The molecule has 0 fully saturated rings. The molecule has 1 heterocycles. The first-order valence-electron chi connectivity index (χ1n) is 12.7. The van der Waals surface area contributed by atoms with E-state index in [9.17, 15) is 18.0 Å². The minimum absolute atomic E-state index is 0.0924. The van der Waals surface area contributed by atoms with E-state index in [1.165, 1.54) is 4.31 Å². The molecule has 0 bridgehead atoms. The van der Waals surface area contributed by atoms with Gasteiger partial charge < -0.3 is 19.7 Å². The lowest BCUT2D eigenvalue weighted by molar-refractivity contribution is -0.139. The van der Waals surface area contributed by atoms with Crippen molar-refractivity contribution in [3.63, 3.8) is 0 Å². The Morgan fingerprint density at radius 3 is 2.46 bits per heavy atom. The van der Waals surface area contributed by atoms with Gasteiger partial charge >= 0.3 is 0 Å². The molecule has 0 unspecified atom stereocenters. The van der Waals surface area contributed by atoms with Crippen molar-refractivity contribution < 1.29 is 27.5 Å². The van der Waals surface area contributed by atoms with Crippen LogP contribution in [0.5, 0.6) is 11.5 Å². The second-order valence-corrected chi connectivity index (χ2v) is 11.0. The summed E-state index contributed by atoms with van der Waals surface area (Å²) in [5, 5.41) is 2.91. The van der Waals surface area contributed by atoms with E-state index < -0.39 is 16.1 Å². The molecule has 2 aromatic carbocycles. The van der Waals surface area contributed by atoms with E-state index in [0.717, 1.165) is 24.7 Å². The lowest BCUT2D eigenvalue weighted by Gasteiger charge is -2.29. The number of benzene rings is 2. The number of anilines is 1. The van der Waals surface area contributed by atoms with Crippen molar-refractivity contribution in [1.82, 2.24) is 10.2 Å². The first-order chi connectivity index (χ1) is 17.7. The largest absolute Gasteiger partial charge is 0.454 e. The highest BCUT2D eigenvalue weighted by Gasteiger charge is 2.26. The van der Waals surface area contributed by atoms with E-state index in [2.05, 4.69) is 12.2 Å². The van der Waals surface area contributed by atoms with Crippen LogP contribution in [0.3, 0.4) is 0 Å². The smallest absolute Gasteiger partial charge is 0.242 e. The van der Waals surface area contributed by atoms with Crippen LogP contribution in [0.2, 0.25) is 0 Å². The first kappa shape index (κ1) is 28.3. The Hall–Kier alpha value is -3.27. The molecule has 3 rings (SSSR count). The summed E-state index contributed by atoms with van der Waals surface area (Å²) in [4.78, 5) is 27.7. The van der Waals surface area contributed by atoms with Crippen LogP contribution in [0.25, 0.3) is 0 Å². The summed E-state index contributed by atoms with van der Waals surface area (Å²) in [5.41, 5.74) is 1.52. The number of hydrogen-bond acceptors (Lipinski definition) is 6. The third-order valence-electron chi connectivity index (χ3n) is 6.28. The van der Waals surface area contributed by atoms with Crippen LogP contribution in [-0.4, -0.2) is 63.9 Å². The third kappa shape index (κ3) is 8.11. The van der Waals surface area contributed by atoms with Gasteiger partial charge in [-0.2, -0.15) is 0 Å². The number of carbonyl (C=O) groups excluding carboxylic acids is 2. The molecule has 1 aliphatic heterocycles. The van der Waals surface area contributed by atoms with Crippen LogP contribution >= 0.6 is 0 Å². The zero-order valence-corrected chi connectivity index (χ0v) is 22.6. The second kappa shape index (κ2) is 13.3. The molecular formula is C27H37N3O6S. The molecule has 0 aromatic heterocycles. The Morgan fingerprint density at radius 2 is 1.76 bits per heavy atom. The first-order valence-corrected chi connectivity index (χ1v) is 14.5. The highest BCUT2D eigenvalue weighted by molar-refractivity contribution is 7.92. The molecule has 2 amide bonds. The van der Waals surface area contributed by atoms with Crippen molar-refractivity contribution in [2.24, 2.45) is 0 Å². The molecule has 0 radical (unpaired) electrons. The Labute approximate surface area is 219 Å². The van der Waals surface area contributed by atoms with Crippen LogP contribution in [-0.2, 0) is 26.0 Å². The average molecular weight is 532 g/mol. The van der Waals surface area contributed by atoms with E-state index in [4.69, 9.17) is 9.47 Å². The quantitative estimate of drug-likeness (QED) is 0.375. The number of sulfonamides is 1. The predicted octanol–water partition coefficient (Wildman–Crippen LogP) is 3.34. The van der Waals surface area contributed by atoms with Gasteiger partial charge in [0.15, 0.2) is 11.5 Å². The van der Waals surface area contributed by atoms with Gasteiger partial charge in [0, 0.05) is 32.1 Å². The van der Waals surface area contributed by atoms with Crippen LogP contribution in [0.1, 0.15) is 45.1 Å². The van der Waals surface area contributed by atoms with Gasteiger partial charge in [0.25, 0.3) is 0 Å². The topological polar surface area (TPSA) is 105 Å². The SMILES string of the molecule is CCCCNC(=O)[C@H](C)N(CCc1ccccc1)C(=O)CCCN(c1ccc2c(c1)OCO2)S(C)(=O)=O. The summed E-state index contributed by atoms with van der Waals surface area (Å²) < 4.78 is 37.0. The zero-order valence-electron chi connectivity index (χ0n) is 21.8. The van der Waals surface area contributed by atoms with E-state index in [0.29, 0.717) is 43.1 Å². The number of ether oxygens (including phenoxy) is 2. The minimum Gasteiger partial charge on any atom is -0.454 e. The van der Waals surface area contributed by atoms with Gasteiger partial charge in [-0.1, -0.05) is 43.7 Å². The van der Waals surface area contributed by atoms with Gasteiger partial charge in [-0.05, 0) is 43.9 Å². The fraction of sp³-hybridized carbons (Fsp3) is 0.481. The predicted molar refractivity (Wildman–Crippen MR) is 143 cm³/mol. The van der Waals surface area contributed by atoms with Crippen LogP contribution in [0, 0.1) is 0 Å². The van der Waals surface area contributed by atoms with Crippen molar-refractivity contribution >= 4 is 27.5 Å². The summed E-state index contributed by atoms with van der Waals surface area (Å²) in [5.74, 6) is 0.672. The summed E-state index contributed by atoms with van der Waals surface area (Å²) in [7, 11) is -3.59. The van der Waals surface area contributed by atoms with Crippen molar-refractivity contribution in [2.45, 2.75) is 52.0 Å². The number of hydrogen-bond donors (Lipinski definition) is 1. The molecule has 1 aliphatic rings. The monoisotopic (exact) mass is 531 g/mol. The van der Waals surface area contributed by atoms with Crippen LogP contribution in [0.4, 0.5) is 5.69 Å². The van der Waals surface area contributed by atoms with E-state index >= 15 is 0 Å². The van der Waals surface area contributed by atoms with Gasteiger partial charge in [-0.15, -0.1) is 0 Å². The van der Waals surface area contributed by atoms with Crippen LogP contribution < -0.4 is 19.1 Å². The maximum atomic E-state index is 13.3. The summed E-state index contributed by atoms with van der Waals surface area (Å²) in [6, 6.07) is 14.1. The maximum Gasteiger partial charge on any atom is 0.242 e. The number of amides is 2. The molecule has 1 atom stereocenters. The molecule has 202 valence electrons. The summed E-state index contributed by atoms with van der Waals surface area (Å²) >= 11 is 0. The lowest BCUT2D eigenvalue weighted by Crippen LogP contribution is -2.49. The van der Waals surface area contributed by atoms with Crippen molar-refractivity contribution in [3.05, 3.63) is 54.1 Å². The molecule has 0 spiro atoms. The standard InChI is InChI=1S/C27H37N3O6S/c1-4-5-16-28-27(32)21(2)29(18-15-22-10-7-6-8-11-22)26(31)12-9-17-30(37(3,33)34)23-13-14-24-25(19-23)36-20-35-24/h6-8,10-11,13-14,19,21H,4-5,9,12,15-18,20H2,1-3H3,(H,28,32)/t21-/m0/s1. The van der Waals surface area contributed by atoms with Crippen LogP contribution in [0.15, 0.2) is 48.5 Å². The minimum atomic E-state index is -3.59. The Kier molecular flexibility index (Phi) is 10.2. The molecule has 37 heavy (non-hydrogen) atoms. The van der Waals surface area contributed by atoms with Crippen molar-refractivity contribution in [1.29, 1.82) is 0 Å². The van der Waals surface area contributed by atoms with Gasteiger partial charge in [0.05, 0.1) is 11.9 Å². The van der Waals surface area contributed by atoms with Crippen molar-refractivity contribution in [2.75, 3.05) is 37.0 Å². The highest BCUT2D eigenvalue weighted by Crippen LogP contribution is 2.36. The second-order valence-electron chi connectivity index (χ2n) is 9.12. The van der Waals surface area contributed by atoms with E-state index in [-0.39, 0.29) is 31.6 Å². The molecule has 0 saturated heterocycles. The van der Waals surface area contributed by atoms with Crippen molar-refractivity contribution in [3.8, 4) is 11.5 Å². The fourth-order valence-electron chi connectivity index (χ4n) is 4.15. The number of unbranched alkanes of at least 4 members (excludes halogenated alkanes) is 1.